The first kappa shape index (κ1) is 14.5. The molecule has 1 heterocycles. The summed E-state index contributed by atoms with van der Waals surface area (Å²) in [6.45, 7) is 2.79. The number of nitrogens with two attached hydrogens (primary N) is 1. The molecule has 0 atom stereocenters. The lowest BCUT2D eigenvalue weighted by Crippen LogP contribution is -2.05. The van der Waals surface area contributed by atoms with Gasteiger partial charge in [0.1, 0.15) is 10.8 Å². The molecule has 1 aromatic heterocycles. The van der Waals surface area contributed by atoms with Gasteiger partial charge in [-0.15, -0.1) is 0 Å². The number of anilines is 2. The van der Waals surface area contributed by atoms with Crippen LogP contribution in [0.4, 0.5) is 10.8 Å². The van der Waals surface area contributed by atoms with Crippen molar-refractivity contribution in [2.75, 3.05) is 31.8 Å². The number of nitrogens with zero attached hydrogens (tertiary/aromatic N) is 1. The average Bonchev–Trinajstić information content (AvgIpc) is 2.79. The number of hydrogen-bond acceptors (Lipinski definition) is 6. The summed E-state index contributed by atoms with van der Waals surface area (Å²) in [6.07, 6.45) is 0.887. The summed E-state index contributed by atoms with van der Waals surface area (Å²) < 4.78 is 14.6. The Bertz CT molecular complexity index is 584. The molecule has 0 fully saturated rings. The Morgan fingerprint density at radius 3 is 2.60 bits per heavy atom. The van der Waals surface area contributed by atoms with E-state index in [9.17, 15) is 0 Å². The van der Waals surface area contributed by atoms with Gasteiger partial charge in [-0.1, -0.05) is 6.07 Å². The van der Waals surface area contributed by atoms with Gasteiger partial charge in [-0.2, -0.15) is 4.37 Å². The molecule has 0 aliphatic heterocycles. The summed E-state index contributed by atoms with van der Waals surface area (Å²) >= 11 is 1.39. The highest BCUT2D eigenvalue weighted by Crippen LogP contribution is 2.28. The smallest absolute Gasteiger partial charge is 0.160 e. The van der Waals surface area contributed by atoms with Gasteiger partial charge in [-0.3, -0.25) is 0 Å². The van der Waals surface area contributed by atoms with Crippen molar-refractivity contribution < 1.29 is 9.47 Å². The molecule has 0 saturated heterocycles. The van der Waals surface area contributed by atoms with Gasteiger partial charge in [0, 0.05) is 12.1 Å². The monoisotopic (exact) mass is 293 g/mol. The zero-order chi connectivity index (χ0) is 14.5. The van der Waals surface area contributed by atoms with E-state index in [1.165, 1.54) is 17.1 Å². The first-order valence-corrected chi connectivity index (χ1v) is 7.09. The van der Waals surface area contributed by atoms with Gasteiger partial charge in [0.25, 0.3) is 0 Å². The van der Waals surface area contributed by atoms with E-state index in [0.717, 1.165) is 35.0 Å². The fourth-order valence-corrected chi connectivity index (χ4v) is 2.60. The SMILES string of the molecule is COc1ccc(CCNc2snc(N)c2C)cc1OC. The van der Waals surface area contributed by atoms with Crippen molar-refractivity contribution in [2.24, 2.45) is 0 Å². The van der Waals surface area contributed by atoms with E-state index in [4.69, 9.17) is 15.2 Å². The maximum absolute atomic E-state index is 5.72. The van der Waals surface area contributed by atoms with Crippen LogP contribution in [-0.2, 0) is 6.42 Å². The van der Waals surface area contributed by atoms with Gasteiger partial charge in [-0.25, -0.2) is 0 Å². The molecule has 6 heteroatoms. The molecule has 3 N–H and O–H groups in total. The fourth-order valence-electron chi connectivity index (χ4n) is 1.87. The van der Waals surface area contributed by atoms with Crippen molar-refractivity contribution >= 4 is 22.4 Å². The summed E-state index contributed by atoms with van der Waals surface area (Å²) in [5.41, 5.74) is 7.92. The zero-order valence-electron chi connectivity index (χ0n) is 11.9. The lowest BCUT2D eigenvalue weighted by Gasteiger charge is -2.10. The van der Waals surface area contributed by atoms with Crippen LogP contribution in [0.2, 0.25) is 0 Å². The molecular formula is C14H19N3O2S. The molecule has 0 spiro atoms. The van der Waals surface area contributed by atoms with Crippen LogP contribution in [0.5, 0.6) is 11.5 Å². The molecule has 0 aliphatic rings. The van der Waals surface area contributed by atoms with Crippen LogP contribution in [0, 0.1) is 6.92 Å². The van der Waals surface area contributed by atoms with Crippen molar-refractivity contribution in [3.63, 3.8) is 0 Å². The van der Waals surface area contributed by atoms with Crippen molar-refractivity contribution in [3.8, 4) is 11.5 Å². The highest BCUT2D eigenvalue weighted by atomic mass is 32.1. The third-order valence-corrected chi connectivity index (χ3v) is 4.03. The topological polar surface area (TPSA) is 69.4 Å². The minimum Gasteiger partial charge on any atom is -0.493 e. The predicted molar refractivity (Wildman–Crippen MR) is 83.0 cm³/mol. The van der Waals surface area contributed by atoms with Crippen LogP contribution in [0.15, 0.2) is 18.2 Å². The molecular weight excluding hydrogens is 274 g/mol. The maximum atomic E-state index is 5.72. The second-order valence-electron chi connectivity index (χ2n) is 4.39. The van der Waals surface area contributed by atoms with Gasteiger partial charge in [0.15, 0.2) is 11.5 Å². The molecule has 0 bridgehead atoms. The van der Waals surface area contributed by atoms with Crippen molar-refractivity contribution in [1.82, 2.24) is 4.37 Å². The lowest BCUT2D eigenvalue weighted by molar-refractivity contribution is 0.354. The van der Waals surface area contributed by atoms with Gasteiger partial charge in [0.05, 0.1) is 14.2 Å². The Morgan fingerprint density at radius 1 is 1.25 bits per heavy atom. The number of benzene rings is 1. The quantitative estimate of drug-likeness (QED) is 0.857. The van der Waals surface area contributed by atoms with Crippen LogP contribution in [-0.4, -0.2) is 25.1 Å². The third-order valence-electron chi connectivity index (χ3n) is 3.11. The third kappa shape index (κ3) is 3.14. The Morgan fingerprint density at radius 2 is 2.00 bits per heavy atom. The molecule has 0 unspecified atom stereocenters. The van der Waals surface area contributed by atoms with Crippen LogP contribution in [0.1, 0.15) is 11.1 Å². The van der Waals surface area contributed by atoms with Gasteiger partial charge < -0.3 is 20.5 Å². The molecule has 20 heavy (non-hydrogen) atoms. The zero-order valence-corrected chi connectivity index (χ0v) is 12.7. The van der Waals surface area contributed by atoms with Gasteiger partial charge >= 0.3 is 0 Å². The van der Waals surface area contributed by atoms with Gasteiger partial charge in [-0.05, 0) is 42.6 Å². The molecule has 5 nitrogen and oxygen atoms in total. The van der Waals surface area contributed by atoms with Crippen molar-refractivity contribution in [2.45, 2.75) is 13.3 Å². The number of methoxy groups -OCH3 is 2. The minimum absolute atomic E-state index is 0.601. The van der Waals surface area contributed by atoms with E-state index in [2.05, 4.69) is 9.69 Å². The van der Waals surface area contributed by atoms with E-state index in [0.29, 0.717) is 5.82 Å². The summed E-state index contributed by atoms with van der Waals surface area (Å²) in [4.78, 5) is 0. The Hall–Kier alpha value is -1.95. The molecule has 0 aliphatic carbocycles. The lowest BCUT2D eigenvalue weighted by atomic mass is 10.1. The Labute approximate surface area is 122 Å². The number of ether oxygens (including phenoxy) is 2. The fraction of sp³-hybridized carbons (Fsp3) is 0.357. The Kier molecular flexibility index (Phi) is 4.68. The number of nitrogen functional groups attached to an aromatic ring is 1. The van der Waals surface area contributed by atoms with Crippen LogP contribution < -0.4 is 20.5 Å². The summed E-state index contributed by atoms with van der Waals surface area (Å²) in [5.74, 6) is 2.10. The van der Waals surface area contributed by atoms with Crippen LogP contribution in [0.3, 0.4) is 0 Å². The highest BCUT2D eigenvalue weighted by Gasteiger charge is 2.07. The molecule has 2 aromatic rings. The number of hydrogen-bond donors (Lipinski definition) is 2. The summed E-state index contributed by atoms with van der Waals surface area (Å²) in [7, 11) is 3.28. The number of nitrogens with one attached hydrogen (secondary N) is 1. The van der Waals surface area contributed by atoms with E-state index in [1.807, 2.05) is 25.1 Å². The normalized spacial score (nSPS) is 10.3. The first-order valence-electron chi connectivity index (χ1n) is 6.32. The largest absolute Gasteiger partial charge is 0.493 e. The summed E-state index contributed by atoms with van der Waals surface area (Å²) in [6, 6.07) is 5.95. The molecule has 0 amide bonds. The van der Waals surface area contributed by atoms with E-state index in [1.54, 1.807) is 14.2 Å². The minimum atomic E-state index is 0.601. The summed E-state index contributed by atoms with van der Waals surface area (Å²) in [5, 5.41) is 4.38. The van der Waals surface area contributed by atoms with E-state index < -0.39 is 0 Å². The molecule has 1 aromatic carbocycles. The predicted octanol–water partition coefficient (Wildman–Crippen LogP) is 2.71. The average molecular weight is 293 g/mol. The molecule has 0 saturated carbocycles. The maximum Gasteiger partial charge on any atom is 0.160 e. The van der Waals surface area contributed by atoms with E-state index >= 15 is 0 Å². The van der Waals surface area contributed by atoms with Crippen LogP contribution >= 0.6 is 11.5 Å². The molecule has 2 rings (SSSR count). The van der Waals surface area contributed by atoms with Crippen molar-refractivity contribution in [3.05, 3.63) is 29.3 Å². The van der Waals surface area contributed by atoms with Gasteiger partial charge in [0.2, 0.25) is 0 Å². The number of rotatable bonds is 6. The van der Waals surface area contributed by atoms with E-state index in [-0.39, 0.29) is 0 Å². The Balaban J connectivity index is 1.96. The molecule has 108 valence electrons. The molecule has 0 radical (unpaired) electrons. The second-order valence-corrected chi connectivity index (χ2v) is 5.16. The van der Waals surface area contributed by atoms with Crippen molar-refractivity contribution in [1.29, 1.82) is 0 Å². The number of aromatic nitrogens is 1. The highest BCUT2D eigenvalue weighted by molar-refractivity contribution is 7.10. The second kappa shape index (κ2) is 6.47. The standard InChI is InChI=1S/C14H19N3O2S/c1-9-13(15)17-20-14(9)16-7-6-10-4-5-11(18-2)12(8-10)19-3/h4-5,8,16H,6-7H2,1-3H3,(H2,15,17). The van der Waals surface area contributed by atoms with Crippen LogP contribution in [0.25, 0.3) is 0 Å². The first-order chi connectivity index (χ1) is 9.65.